The van der Waals surface area contributed by atoms with Crippen molar-refractivity contribution in [1.82, 2.24) is 4.98 Å². The van der Waals surface area contributed by atoms with Gasteiger partial charge in [0.15, 0.2) is 0 Å². The number of benzene rings is 1. The Balaban J connectivity index is 1.93. The van der Waals surface area contributed by atoms with Crippen molar-refractivity contribution in [3.8, 4) is 0 Å². The van der Waals surface area contributed by atoms with Crippen LogP contribution in [0.1, 0.15) is 57.7 Å². The topological polar surface area (TPSA) is 65.2 Å². The summed E-state index contributed by atoms with van der Waals surface area (Å²) in [4.78, 5) is 17.3. The average Bonchev–Trinajstić information content (AvgIpc) is 3.26. The smallest absolute Gasteiger partial charge is 0.350 e. The van der Waals surface area contributed by atoms with Crippen LogP contribution in [0.4, 0.5) is 0 Å². The minimum atomic E-state index is -0.295. The Bertz CT molecular complexity index is 635. The normalized spacial score (nSPS) is 15.7. The van der Waals surface area contributed by atoms with Crippen molar-refractivity contribution >= 4 is 17.3 Å². The standard InChI is InChI=1S/C16H18N2O2S/c1-2-20-16(19)14-13(11-8-9-11)18-15(21-14)12(17)10-6-4-3-5-7-10/h3-7,11-12H,2,8-9,17H2,1H3. The van der Waals surface area contributed by atoms with Crippen LogP contribution in [0.5, 0.6) is 0 Å². The third-order valence-electron chi connectivity index (χ3n) is 3.52. The summed E-state index contributed by atoms with van der Waals surface area (Å²) in [6, 6.07) is 9.53. The Morgan fingerprint density at radius 2 is 2.14 bits per heavy atom. The molecule has 1 atom stereocenters. The summed E-state index contributed by atoms with van der Waals surface area (Å²) >= 11 is 1.37. The molecule has 1 aliphatic carbocycles. The van der Waals surface area contributed by atoms with Crippen LogP contribution >= 0.6 is 11.3 Å². The molecule has 0 aliphatic heterocycles. The molecule has 1 fully saturated rings. The van der Waals surface area contributed by atoms with E-state index in [4.69, 9.17) is 10.5 Å². The number of aromatic nitrogens is 1. The van der Waals surface area contributed by atoms with E-state index >= 15 is 0 Å². The lowest BCUT2D eigenvalue weighted by atomic mass is 10.1. The first-order chi connectivity index (χ1) is 10.2. The van der Waals surface area contributed by atoms with Gasteiger partial charge >= 0.3 is 5.97 Å². The Labute approximate surface area is 128 Å². The van der Waals surface area contributed by atoms with Crippen LogP contribution in [-0.2, 0) is 4.74 Å². The van der Waals surface area contributed by atoms with Gasteiger partial charge in [-0.25, -0.2) is 9.78 Å². The summed E-state index contributed by atoms with van der Waals surface area (Å²) in [6.07, 6.45) is 2.19. The van der Waals surface area contributed by atoms with Gasteiger partial charge < -0.3 is 10.5 Å². The van der Waals surface area contributed by atoms with E-state index in [0.717, 1.165) is 29.1 Å². The molecule has 0 saturated heterocycles. The van der Waals surface area contributed by atoms with Crippen LogP contribution < -0.4 is 5.73 Å². The Morgan fingerprint density at radius 1 is 1.43 bits per heavy atom. The number of esters is 1. The lowest BCUT2D eigenvalue weighted by Gasteiger charge is -2.07. The van der Waals surface area contributed by atoms with Crippen LogP contribution in [0.15, 0.2) is 30.3 Å². The van der Waals surface area contributed by atoms with E-state index in [1.54, 1.807) is 0 Å². The number of hydrogen-bond acceptors (Lipinski definition) is 5. The highest BCUT2D eigenvalue weighted by Crippen LogP contribution is 2.43. The molecule has 4 nitrogen and oxygen atoms in total. The largest absolute Gasteiger partial charge is 0.462 e. The molecule has 0 spiro atoms. The van der Waals surface area contributed by atoms with Crippen molar-refractivity contribution in [1.29, 1.82) is 0 Å². The summed E-state index contributed by atoms with van der Waals surface area (Å²) < 4.78 is 5.14. The van der Waals surface area contributed by atoms with Crippen LogP contribution in [0.25, 0.3) is 0 Å². The quantitative estimate of drug-likeness (QED) is 0.861. The van der Waals surface area contributed by atoms with Gasteiger partial charge in [0.2, 0.25) is 0 Å². The van der Waals surface area contributed by atoms with Gasteiger partial charge in [-0.15, -0.1) is 11.3 Å². The molecule has 1 unspecified atom stereocenters. The lowest BCUT2D eigenvalue weighted by molar-refractivity contribution is 0.0530. The molecular formula is C16H18N2O2S. The Hall–Kier alpha value is -1.72. The zero-order valence-corrected chi connectivity index (χ0v) is 12.7. The molecule has 1 aliphatic rings. The summed E-state index contributed by atoms with van der Waals surface area (Å²) in [5.41, 5.74) is 8.17. The SMILES string of the molecule is CCOC(=O)c1sc(C(N)c2ccccc2)nc1C1CC1. The fourth-order valence-corrected chi connectivity index (χ4v) is 3.34. The second-order valence-corrected chi connectivity index (χ2v) is 6.18. The maximum Gasteiger partial charge on any atom is 0.350 e. The maximum absolute atomic E-state index is 12.1. The van der Waals surface area contributed by atoms with Crippen LogP contribution in [0.3, 0.4) is 0 Å². The Morgan fingerprint density at radius 3 is 2.76 bits per heavy atom. The fraction of sp³-hybridized carbons (Fsp3) is 0.375. The molecule has 2 aromatic rings. The lowest BCUT2D eigenvalue weighted by Crippen LogP contribution is -2.11. The third-order valence-corrected chi connectivity index (χ3v) is 4.65. The molecule has 1 saturated carbocycles. The highest BCUT2D eigenvalue weighted by atomic mass is 32.1. The third kappa shape index (κ3) is 2.99. The van der Waals surface area contributed by atoms with Gasteiger partial charge in [0.1, 0.15) is 9.88 Å². The Kier molecular flexibility index (Phi) is 4.03. The van der Waals surface area contributed by atoms with E-state index in [-0.39, 0.29) is 12.0 Å². The number of hydrogen-bond donors (Lipinski definition) is 1. The van der Waals surface area contributed by atoms with Gasteiger partial charge in [0, 0.05) is 5.92 Å². The summed E-state index contributed by atoms with van der Waals surface area (Å²) in [7, 11) is 0. The maximum atomic E-state index is 12.1. The molecule has 0 amide bonds. The number of nitrogens with two attached hydrogens (primary N) is 1. The summed E-state index contributed by atoms with van der Waals surface area (Å²) in [5, 5.41) is 0.783. The molecule has 21 heavy (non-hydrogen) atoms. The second-order valence-electron chi connectivity index (χ2n) is 5.15. The molecule has 110 valence electrons. The van der Waals surface area contributed by atoms with E-state index in [9.17, 15) is 4.79 Å². The predicted octanol–water partition coefficient (Wildman–Crippen LogP) is 3.25. The number of carbonyl (C=O) groups excluding carboxylic acids is 1. The molecule has 1 aromatic carbocycles. The number of thiazole rings is 1. The molecule has 3 rings (SSSR count). The van der Waals surface area contributed by atoms with E-state index in [1.807, 2.05) is 37.3 Å². The monoisotopic (exact) mass is 302 g/mol. The molecule has 1 heterocycles. The first-order valence-electron chi connectivity index (χ1n) is 7.19. The highest BCUT2D eigenvalue weighted by molar-refractivity contribution is 7.13. The zero-order valence-electron chi connectivity index (χ0n) is 11.9. The van der Waals surface area contributed by atoms with Crippen LogP contribution in [0.2, 0.25) is 0 Å². The van der Waals surface area contributed by atoms with Gasteiger partial charge in [-0.3, -0.25) is 0 Å². The summed E-state index contributed by atoms with van der Waals surface area (Å²) in [6.45, 7) is 2.19. The van der Waals surface area contributed by atoms with Crippen molar-refractivity contribution < 1.29 is 9.53 Å². The van der Waals surface area contributed by atoms with Crippen molar-refractivity contribution in [2.45, 2.75) is 31.7 Å². The fourth-order valence-electron chi connectivity index (χ4n) is 2.26. The van der Waals surface area contributed by atoms with Crippen molar-refractivity contribution in [3.63, 3.8) is 0 Å². The second kappa shape index (κ2) is 5.95. The first-order valence-corrected chi connectivity index (χ1v) is 8.00. The van der Waals surface area contributed by atoms with Gasteiger partial charge in [-0.2, -0.15) is 0 Å². The van der Waals surface area contributed by atoms with Crippen molar-refractivity contribution in [2.75, 3.05) is 6.61 Å². The van der Waals surface area contributed by atoms with E-state index in [0.29, 0.717) is 17.4 Å². The molecule has 1 aromatic heterocycles. The zero-order chi connectivity index (χ0) is 14.8. The van der Waals surface area contributed by atoms with Crippen molar-refractivity contribution in [3.05, 3.63) is 51.5 Å². The predicted molar refractivity (Wildman–Crippen MR) is 82.5 cm³/mol. The van der Waals surface area contributed by atoms with E-state index in [1.165, 1.54) is 11.3 Å². The molecular weight excluding hydrogens is 284 g/mol. The minimum Gasteiger partial charge on any atom is -0.462 e. The minimum absolute atomic E-state index is 0.275. The van der Waals surface area contributed by atoms with Crippen molar-refractivity contribution in [2.24, 2.45) is 5.73 Å². The van der Waals surface area contributed by atoms with Crippen LogP contribution in [-0.4, -0.2) is 17.6 Å². The number of rotatable bonds is 5. The van der Waals surface area contributed by atoms with Gasteiger partial charge in [-0.1, -0.05) is 30.3 Å². The van der Waals surface area contributed by atoms with Crippen LogP contribution in [0, 0.1) is 0 Å². The van der Waals surface area contributed by atoms with Gasteiger partial charge in [0.25, 0.3) is 0 Å². The van der Waals surface area contributed by atoms with Gasteiger partial charge in [0.05, 0.1) is 18.3 Å². The molecule has 0 radical (unpaired) electrons. The van der Waals surface area contributed by atoms with E-state index < -0.39 is 0 Å². The highest BCUT2D eigenvalue weighted by Gasteiger charge is 2.33. The number of nitrogens with zero attached hydrogens (tertiary/aromatic N) is 1. The molecule has 5 heteroatoms. The van der Waals surface area contributed by atoms with Gasteiger partial charge in [-0.05, 0) is 25.3 Å². The average molecular weight is 302 g/mol. The molecule has 0 bridgehead atoms. The molecule has 2 N–H and O–H groups in total. The first kappa shape index (κ1) is 14.2. The number of ether oxygens (including phenoxy) is 1. The van der Waals surface area contributed by atoms with E-state index in [2.05, 4.69) is 4.98 Å². The summed E-state index contributed by atoms with van der Waals surface area (Å²) in [5.74, 6) is 0.126. The number of carbonyl (C=O) groups is 1.